The van der Waals surface area contributed by atoms with E-state index in [1.54, 1.807) is 0 Å². The molecule has 0 heterocycles. The quantitative estimate of drug-likeness (QED) is 0.409. The van der Waals surface area contributed by atoms with Crippen LogP contribution >= 0.6 is 0 Å². The molecule has 166 valence electrons. The van der Waals surface area contributed by atoms with Gasteiger partial charge in [0.05, 0.1) is 5.60 Å². The van der Waals surface area contributed by atoms with Crippen molar-refractivity contribution < 1.29 is 5.11 Å². The van der Waals surface area contributed by atoms with Gasteiger partial charge >= 0.3 is 0 Å². The summed E-state index contributed by atoms with van der Waals surface area (Å²) in [6, 6.07) is 0. The topological polar surface area (TPSA) is 20.2 Å². The molecule has 0 aromatic carbocycles. The number of fused-ring (bicyclic) bond motifs is 6. The van der Waals surface area contributed by atoms with Crippen molar-refractivity contribution in [3.8, 4) is 0 Å². The van der Waals surface area contributed by atoms with E-state index < -0.39 is 5.60 Å². The summed E-state index contributed by atoms with van der Waals surface area (Å²) in [6.07, 6.45) is 19.2. The highest BCUT2D eigenvalue weighted by molar-refractivity contribution is 5.46. The summed E-state index contributed by atoms with van der Waals surface area (Å²) in [5.74, 6) is 1.37. The highest BCUT2D eigenvalue weighted by Crippen LogP contribution is 2.72. The van der Waals surface area contributed by atoms with Crippen LogP contribution in [-0.2, 0) is 0 Å². The maximum atomic E-state index is 11.7. The molecular formula is C29H44O. The zero-order chi connectivity index (χ0) is 21.8. The van der Waals surface area contributed by atoms with Gasteiger partial charge in [-0.1, -0.05) is 72.8 Å². The molecule has 2 unspecified atom stereocenters. The van der Waals surface area contributed by atoms with E-state index in [1.165, 1.54) is 30.4 Å². The van der Waals surface area contributed by atoms with E-state index in [0.29, 0.717) is 22.2 Å². The Bertz CT molecular complexity index is 856. The van der Waals surface area contributed by atoms with E-state index in [-0.39, 0.29) is 10.8 Å². The van der Waals surface area contributed by atoms with Gasteiger partial charge in [-0.3, -0.25) is 0 Å². The molecule has 1 heteroatoms. The van der Waals surface area contributed by atoms with Crippen LogP contribution in [0.4, 0.5) is 0 Å². The molecule has 1 nitrogen and oxygen atoms in total. The van der Waals surface area contributed by atoms with Gasteiger partial charge in [0.2, 0.25) is 0 Å². The summed E-state index contributed by atoms with van der Waals surface area (Å²) in [4.78, 5) is 0. The molecule has 5 rings (SSSR count). The first-order valence-corrected chi connectivity index (χ1v) is 12.6. The van der Waals surface area contributed by atoms with Gasteiger partial charge in [-0.2, -0.15) is 0 Å². The number of rotatable bonds is 0. The Morgan fingerprint density at radius 3 is 2.33 bits per heavy atom. The van der Waals surface area contributed by atoms with Gasteiger partial charge in [0.15, 0.2) is 0 Å². The van der Waals surface area contributed by atoms with E-state index in [9.17, 15) is 5.11 Å². The zero-order valence-electron chi connectivity index (χ0n) is 20.6. The van der Waals surface area contributed by atoms with Crippen LogP contribution < -0.4 is 0 Å². The lowest BCUT2D eigenvalue weighted by molar-refractivity contribution is -0.131. The van der Waals surface area contributed by atoms with Crippen molar-refractivity contribution in [1.82, 2.24) is 0 Å². The first-order chi connectivity index (χ1) is 13.8. The van der Waals surface area contributed by atoms with Crippen LogP contribution in [0, 0.1) is 38.9 Å². The number of aliphatic hydroxyl groups is 1. The summed E-state index contributed by atoms with van der Waals surface area (Å²) in [7, 11) is 0. The summed E-state index contributed by atoms with van der Waals surface area (Å²) < 4.78 is 0. The van der Waals surface area contributed by atoms with Gasteiger partial charge in [-0.25, -0.2) is 0 Å². The molecule has 0 aromatic rings. The smallest absolute Gasteiger partial charge is 0.0863 e. The van der Waals surface area contributed by atoms with Crippen LogP contribution in [0.25, 0.3) is 0 Å². The molecule has 0 spiro atoms. The highest BCUT2D eigenvalue weighted by atomic mass is 16.3. The monoisotopic (exact) mass is 408 g/mol. The predicted molar refractivity (Wildman–Crippen MR) is 126 cm³/mol. The normalized spacial score (nSPS) is 50.9. The lowest BCUT2D eigenvalue weighted by Crippen LogP contribution is -2.61. The number of allylic oxidation sites excluding steroid dienone is 5. The van der Waals surface area contributed by atoms with Crippen LogP contribution in [-0.4, -0.2) is 10.7 Å². The van der Waals surface area contributed by atoms with Crippen molar-refractivity contribution in [3.63, 3.8) is 0 Å². The van der Waals surface area contributed by atoms with Crippen molar-refractivity contribution in [1.29, 1.82) is 0 Å². The lowest BCUT2D eigenvalue weighted by atomic mass is 9.36. The molecule has 5 aliphatic rings. The van der Waals surface area contributed by atoms with Gasteiger partial charge in [0.1, 0.15) is 0 Å². The average molecular weight is 409 g/mol. The fraction of sp³-hybridized carbons (Fsp3) is 0.793. The zero-order valence-corrected chi connectivity index (χ0v) is 20.6. The third-order valence-corrected chi connectivity index (χ3v) is 11.3. The molecule has 0 bridgehead atoms. The van der Waals surface area contributed by atoms with Crippen molar-refractivity contribution >= 4 is 0 Å². The van der Waals surface area contributed by atoms with E-state index in [0.717, 1.165) is 38.0 Å². The van der Waals surface area contributed by atoms with Crippen molar-refractivity contribution in [2.45, 2.75) is 105 Å². The number of hydrogen-bond donors (Lipinski definition) is 1. The molecule has 2 saturated carbocycles. The summed E-state index contributed by atoms with van der Waals surface area (Å²) >= 11 is 0. The molecule has 0 aliphatic heterocycles. The Morgan fingerprint density at radius 1 is 0.900 bits per heavy atom. The molecular weight excluding hydrogens is 364 g/mol. The first-order valence-electron chi connectivity index (χ1n) is 12.6. The van der Waals surface area contributed by atoms with Crippen LogP contribution in [0.5, 0.6) is 0 Å². The minimum Gasteiger partial charge on any atom is -0.385 e. The van der Waals surface area contributed by atoms with Crippen LogP contribution in [0.3, 0.4) is 0 Å². The Hall–Kier alpha value is -0.820. The Balaban J connectivity index is 1.67. The molecule has 6 atom stereocenters. The molecule has 30 heavy (non-hydrogen) atoms. The third kappa shape index (κ3) is 2.51. The van der Waals surface area contributed by atoms with E-state index in [1.807, 2.05) is 0 Å². The lowest BCUT2D eigenvalue weighted by Gasteiger charge is -2.68. The molecule has 0 aromatic heterocycles. The van der Waals surface area contributed by atoms with Crippen LogP contribution in [0.15, 0.2) is 35.5 Å². The van der Waals surface area contributed by atoms with E-state index in [4.69, 9.17) is 0 Å². The van der Waals surface area contributed by atoms with Gasteiger partial charge in [0, 0.05) is 0 Å². The first kappa shape index (κ1) is 21.0. The molecule has 1 N–H and O–H groups in total. The van der Waals surface area contributed by atoms with E-state index >= 15 is 0 Å². The summed E-state index contributed by atoms with van der Waals surface area (Å²) in [6.45, 7) is 17.5. The van der Waals surface area contributed by atoms with Gasteiger partial charge in [-0.05, 0) is 101 Å². The Labute approximate surface area is 185 Å². The Morgan fingerprint density at radius 2 is 1.60 bits per heavy atom. The molecule has 5 aliphatic carbocycles. The Kier molecular flexibility index (Phi) is 4.17. The molecule has 0 radical (unpaired) electrons. The predicted octanol–water partition coefficient (Wildman–Crippen LogP) is 7.62. The highest BCUT2D eigenvalue weighted by Gasteiger charge is 2.65. The molecule has 0 saturated heterocycles. The summed E-state index contributed by atoms with van der Waals surface area (Å²) in [5.41, 5.74) is 3.77. The van der Waals surface area contributed by atoms with Crippen molar-refractivity contribution in [2.24, 2.45) is 38.9 Å². The van der Waals surface area contributed by atoms with Gasteiger partial charge < -0.3 is 5.11 Å². The SMILES string of the molecule is CC1(C)CC[C@]2(O)CC[C@]3(C)C(=C2C1)C=CC1[C@@]2(C)CC=CC(C)(C)C2CC[C@]13C. The van der Waals surface area contributed by atoms with Gasteiger partial charge in [-0.15, -0.1) is 0 Å². The van der Waals surface area contributed by atoms with Crippen molar-refractivity contribution in [3.05, 3.63) is 35.5 Å². The number of hydrogen-bond acceptors (Lipinski definition) is 1. The second-order valence-electron chi connectivity index (χ2n) is 13.9. The second kappa shape index (κ2) is 5.94. The third-order valence-electron chi connectivity index (χ3n) is 11.3. The van der Waals surface area contributed by atoms with Crippen LogP contribution in [0.1, 0.15) is 99.8 Å². The van der Waals surface area contributed by atoms with Crippen LogP contribution in [0.2, 0.25) is 0 Å². The molecule has 2 fully saturated rings. The largest absolute Gasteiger partial charge is 0.385 e. The molecule has 0 amide bonds. The minimum atomic E-state index is -0.547. The maximum absolute atomic E-state index is 11.7. The average Bonchev–Trinajstić information content (AvgIpc) is 2.63. The minimum absolute atomic E-state index is 0.181. The standard InChI is InChI=1S/C29H44O/c1-24(2)15-17-29(30)18-16-27(6)20(21(29)19-24)9-10-23-26(5)13-8-12-25(3,4)22(26)11-14-28(23,27)7/h8-10,12,22-23,30H,11,13-19H2,1-7H3/t22?,23?,26-,27+,28+,29-/m0/s1. The summed E-state index contributed by atoms with van der Waals surface area (Å²) in [5, 5.41) is 11.7. The van der Waals surface area contributed by atoms with Crippen molar-refractivity contribution in [2.75, 3.05) is 0 Å². The second-order valence-corrected chi connectivity index (χ2v) is 13.9. The maximum Gasteiger partial charge on any atom is 0.0863 e. The van der Waals surface area contributed by atoms with E-state index in [2.05, 4.69) is 72.8 Å². The van der Waals surface area contributed by atoms with Gasteiger partial charge in [0.25, 0.3) is 0 Å². The fourth-order valence-corrected chi connectivity index (χ4v) is 9.19. The fourth-order valence-electron chi connectivity index (χ4n) is 9.19.